The zero-order valence-corrected chi connectivity index (χ0v) is 12.8. The van der Waals surface area contributed by atoms with E-state index in [0.717, 1.165) is 5.75 Å². The molecule has 20 heavy (non-hydrogen) atoms. The summed E-state index contributed by atoms with van der Waals surface area (Å²) in [5.41, 5.74) is 4.43. The Labute approximate surface area is 122 Å². The minimum atomic E-state index is 0.494. The van der Waals surface area contributed by atoms with E-state index in [1.54, 1.807) is 18.2 Å². The predicted molar refractivity (Wildman–Crippen MR) is 85.8 cm³/mol. The molecule has 0 atom stereocenters. The normalized spacial score (nSPS) is 15.2. The van der Waals surface area contributed by atoms with Crippen LogP contribution < -0.4 is 4.74 Å². The summed E-state index contributed by atoms with van der Waals surface area (Å²) in [4.78, 5) is 0. The topological polar surface area (TPSA) is 9.23 Å². The third kappa shape index (κ3) is 2.30. The molecule has 0 unspecified atom stereocenters. The smallest absolute Gasteiger partial charge is 0.122 e. The molecule has 0 bridgehead atoms. The first kappa shape index (κ1) is 13.5. The van der Waals surface area contributed by atoms with Crippen LogP contribution in [0.25, 0.3) is 10.8 Å². The highest BCUT2D eigenvalue weighted by molar-refractivity contribution is 5.89. The average molecular weight is 268 g/mol. The molecule has 3 rings (SSSR count). The third-order valence-electron chi connectivity index (χ3n) is 4.57. The second-order valence-electron chi connectivity index (χ2n) is 6.23. The Morgan fingerprint density at radius 3 is 2.55 bits per heavy atom. The highest BCUT2D eigenvalue weighted by Crippen LogP contribution is 2.35. The van der Waals surface area contributed by atoms with Crippen molar-refractivity contribution in [3.8, 4) is 5.75 Å². The van der Waals surface area contributed by atoms with E-state index in [1.807, 2.05) is 0 Å². The third-order valence-corrected chi connectivity index (χ3v) is 4.57. The van der Waals surface area contributed by atoms with Crippen LogP contribution in [-0.4, -0.2) is 7.11 Å². The second kappa shape index (κ2) is 5.47. The Bertz CT molecular complexity index is 625. The Kier molecular flexibility index (Phi) is 3.69. The van der Waals surface area contributed by atoms with E-state index in [-0.39, 0.29) is 0 Å². The summed E-state index contributed by atoms with van der Waals surface area (Å²) in [6.07, 6.45) is 6.47. The van der Waals surface area contributed by atoms with Gasteiger partial charge in [-0.2, -0.15) is 0 Å². The van der Waals surface area contributed by atoms with Crippen LogP contribution in [0.2, 0.25) is 0 Å². The maximum absolute atomic E-state index is 5.64. The van der Waals surface area contributed by atoms with Crippen LogP contribution in [0.3, 0.4) is 0 Å². The first-order chi connectivity index (χ1) is 9.70. The molecule has 1 nitrogen and oxygen atoms in total. The average Bonchev–Trinajstić information content (AvgIpc) is 2.70. The fourth-order valence-corrected chi connectivity index (χ4v) is 3.43. The van der Waals surface area contributed by atoms with Crippen LogP contribution in [0.1, 0.15) is 55.7 Å². The largest absolute Gasteiger partial charge is 0.496 e. The number of aryl methyl sites for hydroxylation is 2. The molecule has 0 radical (unpaired) electrons. The lowest BCUT2D eigenvalue weighted by Gasteiger charge is -2.16. The second-order valence-corrected chi connectivity index (χ2v) is 6.23. The van der Waals surface area contributed by atoms with E-state index in [9.17, 15) is 0 Å². The Balaban J connectivity index is 2.24. The summed E-state index contributed by atoms with van der Waals surface area (Å²) in [5.74, 6) is 1.54. The molecule has 0 spiro atoms. The fourth-order valence-electron chi connectivity index (χ4n) is 3.43. The molecule has 0 saturated carbocycles. The van der Waals surface area contributed by atoms with Crippen molar-refractivity contribution in [2.45, 2.75) is 51.9 Å². The van der Waals surface area contributed by atoms with Crippen LogP contribution in [0, 0.1) is 0 Å². The first-order valence-corrected chi connectivity index (χ1v) is 7.83. The highest BCUT2D eigenvalue weighted by atomic mass is 16.5. The lowest BCUT2D eigenvalue weighted by Crippen LogP contribution is -1.98. The van der Waals surface area contributed by atoms with E-state index in [2.05, 4.69) is 38.1 Å². The minimum absolute atomic E-state index is 0.494. The summed E-state index contributed by atoms with van der Waals surface area (Å²) in [6.45, 7) is 4.46. The number of ether oxygens (including phenoxy) is 1. The summed E-state index contributed by atoms with van der Waals surface area (Å²) in [6, 6.07) is 9.24. The summed E-state index contributed by atoms with van der Waals surface area (Å²) in [5, 5.41) is 2.78. The van der Waals surface area contributed by atoms with Crippen molar-refractivity contribution in [2.24, 2.45) is 0 Å². The number of methoxy groups -OCH3 is 1. The summed E-state index contributed by atoms with van der Waals surface area (Å²) >= 11 is 0. The molecule has 0 heterocycles. The summed E-state index contributed by atoms with van der Waals surface area (Å²) in [7, 11) is 1.79. The van der Waals surface area contributed by atoms with Gasteiger partial charge < -0.3 is 4.74 Å². The van der Waals surface area contributed by atoms with Crippen molar-refractivity contribution in [2.75, 3.05) is 7.11 Å². The van der Waals surface area contributed by atoms with Gasteiger partial charge in [0.2, 0.25) is 0 Å². The molecule has 0 aromatic heterocycles. The van der Waals surface area contributed by atoms with Gasteiger partial charge in [-0.1, -0.05) is 32.4 Å². The molecule has 0 fully saturated rings. The molecule has 106 valence electrons. The predicted octanol–water partition coefficient (Wildman–Crippen LogP) is 5.24. The van der Waals surface area contributed by atoms with E-state index < -0.39 is 0 Å². The molecule has 1 aliphatic carbocycles. The van der Waals surface area contributed by atoms with E-state index in [0.29, 0.717) is 5.92 Å². The molecule has 0 aliphatic heterocycles. The fraction of sp³-hybridized carbons (Fsp3) is 0.474. The molecule has 0 saturated heterocycles. The monoisotopic (exact) mass is 268 g/mol. The van der Waals surface area contributed by atoms with Crippen molar-refractivity contribution in [3.63, 3.8) is 0 Å². The van der Waals surface area contributed by atoms with Crippen molar-refractivity contribution in [1.29, 1.82) is 0 Å². The van der Waals surface area contributed by atoms with Gasteiger partial charge in [0.25, 0.3) is 0 Å². The summed E-state index contributed by atoms with van der Waals surface area (Å²) < 4.78 is 5.64. The van der Waals surface area contributed by atoms with E-state index >= 15 is 0 Å². The van der Waals surface area contributed by atoms with Gasteiger partial charge in [0.05, 0.1) is 7.11 Å². The standard InChI is InChI=1S/C19H24O/c1-13(2)17-11-15-10-9-14-7-5-4-6-8-16(14)18(15)12-19(17)20-3/h9-13H,4-8H2,1-3H3. The van der Waals surface area contributed by atoms with Gasteiger partial charge in [-0.05, 0) is 71.2 Å². The van der Waals surface area contributed by atoms with Crippen LogP contribution in [0.15, 0.2) is 24.3 Å². The van der Waals surface area contributed by atoms with E-state index in [1.165, 1.54) is 48.4 Å². The van der Waals surface area contributed by atoms with Crippen molar-refractivity contribution in [3.05, 3.63) is 41.0 Å². The van der Waals surface area contributed by atoms with Gasteiger partial charge in [0.1, 0.15) is 5.75 Å². The zero-order valence-electron chi connectivity index (χ0n) is 12.8. The number of rotatable bonds is 2. The first-order valence-electron chi connectivity index (χ1n) is 7.83. The van der Waals surface area contributed by atoms with Crippen molar-refractivity contribution >= 4 is 10.8 Å². The molecular formula is C19H24O. The number of hydrogen-bond donors (Lipinski definition) is 0. The molecule has 0 amide bonds. The van der Waals surface area contributed by atoms with Crippen molar-refractivity contribution in [1.82, 2.24) is 0 Å². The Morgan fingerprint density at radius 1 is 1.00 bits per heavy atom. The quantitative estimate of drug-likeness (QED) is 0.677. The molecular weight excluding hydrogens is 244 g/mol. The number of hydrogen-bond acceptors (Lipinski definition) is 1. The van der Waals surface area contributed by atoms with Gasteiger partial charge in [-0.25, -0.2) is 0 Å². The number of benzene rings is 2. The van der Waals surface area contributed by atoms with Crippen LogP contribution in [0.4, 0.5) is 0 Å². The van der Waals surface area contributed by atoms with Gasteiger partial charge in [-0.3, -0.25) is 0 Å². The van der Waals surface area contributed by atoms with Gasteiger partial charge in [-0.15, -0.1) is 0 Å². The van der Waals surface area contributed by atoms with Crippen LogP contribution in [-0.2, 0) is 12.8 Å². The molecule has 2 aromatic carbocycles. The van der Waals surface area contributed by atoms with Crippen molar-refractivity contribution < 1.29 is 4.74 Å². The minimum Gasteiger partial charge on any atom is -0.496 e. The highest BCUT2D eigenvalue weighted by Gasteiger charge is 2.15. The maximum atomic E-state index is 5.64. The maximum Gasteiger partial charge on any atom is 0.122 e. The molecule has 1 aliphatic rings. The lowest BCUT2D eigenvalue weighted by atomic mass is 9.92. The SMILES string of the molecule is COc1cc2c3c(ccc2cc1C(C)C)CCCCC3. The van der Waals surface area contributed by atoms with Crippen LogP contribution in [0.5, 0.6) is 5.75 Å². The number of fused-ring (bicyclic) bond motifs is 3. The Morgan fingerprint density at radius 2 is 1.80 bits per heavy atom. The van der Waals surface area contributed by atoms with Gasteiger partial charge in [0.15, 0.2) is 0 Å². The van der Waals surface area contributed by atoms with E-state index in [4.69, 9.17) is 4.74 Å². The van der Waals surface area contributed by atoms with Gasteiger partial charge >= 0.3 is 0 Å². The molecule has 2 aromatic rings. The van der Waals surface area contributed by atoms with Crippen LogP contribution >= 0.6 is 0 Å². The van der Waals surface area contributed by atoms with Gasteiger partial charge in [0, 0.05) is 0 Å². The lowest BCUT2D eigenvalue weighted by molar-refractivity contribution is 0.408. The molecule has 1 heteroatoms. The Hall–Kier alpha value is -1.50. The molecule has 0 N–H and O–H groups in total. The zero-order chi connectivity index (χ0) is 14.1.